The number of hydrogen-bond donors (Lipinski definition) is 1. The maximum absolute atomic E-state index is 6.28. The summed E-state index contributed by atoms with van der Waals surface area (Å²) in [7, 11) is -5.35. The van der Waals surface area contributed by atoms with E-state index in [1.54, 1.807) is 0 Å². The standard InChI is InChI=1S/C26H59NO6Si2/c1-9-15-28-34(29-16-10-2,30-17-11-3)23-25(7)21-27-22-26(8)24-35(31-18-12-4,32-19-13-5)33-20-14-6/h25-27H,9-24H2,1-8H3. The van der Waals surface area contributed by atoms with E-state index in [1.807, 2.05) is 0 Å². The van der Waals surface area contributed by atoms with Crippen molar-refractivity contribution in [3.05, 3.63) is 0 Å². The molecule has 2 atom stereocenters. The lowest BCUT2D eigenvalue weighted by molar-refractivity contribution is 0.0555. The van der Waals surface area contributed by atoms with Crippen molar-refractivity contribution in [1.29, 1.82) is 0 Å². The Balaban J connectivity index is 4.98. The van der Waals surface area contributed by atoms with Crippen LogP contribution in [0.1, 0.15) is 93.9 Å². The molecular weight excluding hydrogens is 478 g/mol. The summed E-state index contributed by atoms with van der Waals surface area (Å²) in [6.45, 7) is 23.3. The van der Waals surface area contributed by atoms with Gasteiger partial charge in [-0.25, -0.2) is 0 Å². The highest BCUT2D eigenvalue weighted by atomic mass is 28.4. The molecule has 0 heterocycles. The Morgan fingerprint density at radius 2 is 0.686 bits per heavy atom. The molecule has 0 fully saturated rings. The molecule has 35 heavy (non-hydrogen) atoms. The fraction of sp³-hybridized carbons (Fsp3) is 1.00. The first-order chi connectivity index (χ1) is 16.9. The van der Waals surface area contributed by atoms with Gasteiger partial charge in [-0.15, -0.1) is 0 Å². The average Bonchev–Trinajstić information content (AvgIpc) is 2.85. The zero-order valence-corrected chi connectivity index (χ0v) is 26.4. The monoisotopic (exact) mass is 537 g/mol. The molecule has 1 N–H and O–H groups in total. The molecule has 2 unspecified atom stereocenters. The van der Waals surface area contributed by atoms with Crippen molar-refractivity contribution >= 4 is 17.6 Å². The van der Waals surface area contributed by atoms with Crippen molar-refractivity contribution in [2.24, 2.45) is 11.8 Å². The van der Waals surface area contributed by atoms with Gasteiger partial charge < -0.3 is 31.9 Å². The van der Waals surface area contributed by atoms with Crippen LogP contribution in [0.2, 0.25) is 12.1 Å². The van der Waals surface area contributed by atoms with Gasteiger partial charge in [0, 0.05) is 51.7 Å². The predicted molar refractivity (Wildman–Crippen MR) is 150 cm³/mol. The van der Waals surface area contributed by atoms with Gasteiger partial charge in [0.25, 0.3) is 0 Å². The summed E-state index contributed by atoms with van der Waals surface area (Å²) < 4.78 is 37.7. The molecule has 0 saturated heterocycles. The van der Waals surface area contributed by atoms with Gasteiger partial charge in [-0.3, -0.25) is 0 Å². The Hall–Kier alpha value is 0.154. The molecule has 0 aliphatic carbocycles. The molecule has 0 amide bonds. The van der Waals surface area contributed by atoms with Crippen LogP contribution in [0.5, 0.6) is 0 Å². The third kappa shape index (κ3) is 16.6. The van der Waals surface area contributed by atoms with Crippen LogP contribution in [-0.2, 0) is 26.6 Å². The molecule has 9 heteroatoms. The van der Waals surface area contributed by atoms with Crippen molar-refractivity contribution in [3.8, 4) is 0 Å². The lowest BCUT2D eigenvalue weighted by Crippen LogP contribution is -2.49. The van der Waals surface area contributed by atoms with Crippen LogP contribution in [0.25, 0.3) is 0 Å². The Labute approximate surface area is 220 Å². The molecule has 0 aliphatic heterocycles. The van der Waals surface area contributed by atoms with E-state index < -0.39 is 17.6 Å². The quantitative estimate of drug-likeness (QED) is 0.130. The highest BCUT2D eigenvalue weighted by molar-refractivity contribution is 6.61. The van der Waals surface area contributed by atoms with Crippen LogP contribution in [-0.4, -0.2) is 70.3 Å². The van der Waals surface area contributed by atoms with E-state index in [9.17, 15) is 0 Å². The van der Waals surface area contributed by atoms with Gasteiger partial charge in [-0.2, -0.15) is 0 Å². The molecule has 0 aromatic heterocycles. The van der Waals surface area contributed by atoms with E-state index in [2.05, 4.69) is 60.7 Å². The van der Waals surface area contributed by atoms with Gasteiger partial charge in [0.15, 0.2) is 0 Å². The fourth-order valence-corrected chi connectivity index (χ4v) is 10.0. The first-order valence-electron chi connectivity index (χ1n) is 14.4. The Morgan fingerprint density at radius 1 is 0.457 bits per heavy atom. The molecule has 7 nitrogen and oxygen atoms in total. The summed E-state index contributed by atoms with van der Waals surface area (Å²) >= 11 is 0. The molecule has 0 aromatic rings. The van der Waals surface area contributed by atoms with E-state index in [4.69, 9.17) is 26.6 Å². The van der Waals surface area contributed by atoms with Gasteiger partial charge in [0.1, 0.15) is 0 Å². The molecule has 0 rings (SSSR count). The molecular formula is C26H59NO6Si2. The summed E-state index contributed by atoms with van der Waals surface area (Å²) in [5.74, 6) is 0.788. The summed E-state index contributed by atoms with van der Waals surface area (Å²) in [6, 6.07) is 1.68. The smallest absolute Gasteiger partial charge is 0.373 e. The van der Waals surface area contributed by atoms with Crippen LogP contribution >= 0.6 is 0 Å². The van der Waals surface area contributed by atoms with Crippen molar-refractivity contribution in [1.82, 2.24) is 5.32 Å². The fourth-order valence-electron chi connectivity index (χ4n) is 3.72. The predicted octanol–water partition coefficient (Wildman–Crippen LogP) is 6.29. The van der Waals surface area contributed by atoms with Crippen molar-refractivity contribution in [2.75, 3.05) is 52.7 Å². The minimum absolute atomic E-state index is 0.394. The molecule has 0 bridgehead atoms. The lowest BCUT2D eigenvalue weighted by Gasteiger charge is -2.33. The Morgan fingerprint density at radius 3 is 0.886 bits per heavy atom. The highest BCUT2D eigenvalue weighted by Crippen LogP contribution is 2.24. The first kappa shape index (κ1) is 35.2. The average molecular weight is 538 g/mol. The van der Waals surface area contributed by atoms with Crippen LogP contribution in [0.3, 0.4) is 0 Å². The Bertz CT molecular complexity index is 392. The SMILES string of the molecule is CCCO[Si](CC(C)CNCC(C)C[Si](OCCC)(OCCC)OCCC)(OCCC)OCCC. The maximum Gasteiger partial charge on any atom is 0.501 e. The largest absolute Gasteiger partial charge is 0.501 e. The summed E-state index contributed by atoms with van der Waals surface area (Å²) in [5.41, 5.74) is 0. The van der Waals surface area contributed by atoms with Crippen LogP contribution in [0.15, 0.2) is 0 Å². The van der Waals surface area contributed by atoms with E-state index in [-0.39, 0.29) is 0 Å². The van der Waals surface area contributed by atoms with Crippen LogP contribution in [0.4, 0.5) is 0 Å². The minimum Gasteiger partial charge on any atom is -0.373 e. The molecule has 0 saturated carbocycles. The normalized spacial score (nSPS) is 14.4. The third-order valence-corrected chi connectivity index (χ3v) is 11.6. The van der Waals surface area contributed by atoms with Crippen molar-refractivity contribution < 1.29 is 26.6 Å². The second kappa shape index (κ2) is 22.2. The minimum atomic E-state index is -2.67. The zero-order valence-electron chi connectivity index (χ0n) is 24.4. The molecule has 0 aliphatic rings. The summed E-state index contributed by atoms with van der Waals surface area (Å²) in [4.78, 5) is 0. The summed E-state index contributed by atoms with van der Waals surface area (Å²) in [6.07, 6.45) is 5.81. The van der Waals surface area contributed by atoms with Gasteiger partial charge >= 0.3 is 17.6 Å². The number of nitrogens with one attached hydrogen (secondary N) is 1. The number of hydrogen-bond acceptors (Lipinski definition) is 7. The second-order valence-corrected chi connectivity index (χ2v) is 15.0. The van der Waals surface area contributed by atoms with Crippen molar-refractivity contribution in [2.45, 2.75) is 106 Å². The molecule has 0 radical (unpaired) electrons. The van der Waals surface area contributed by atoms with Gasteiger partial charge in [-0.05, 0) is 63.5 Å². The third-order valence-electron chi connectivity index (χ3n) is 5.34. The summed E-state index contributed by atoms with van der Waals surface area (Å²) in [5, 5.41) is 3.68. The van der Waals surface area contributed by atoms with E-state index >= 15 is 0 Å². The lowest BCUT2D eigenvalue weighted by atomic mass is 10.2. The Kier molecular flexibility index (Phi) is 22.3. The van der Waals surface area contributed by atoms with Crippen LogP contribution < -0.4 is 5.32 Å². The van der Waals surface area contributed by atoms with Crippen molar-refractivity contribution in [3.63, 3.8) is 0 Å². The first-order valence-corrected chi connectivity index (χ1v) is 18.3. The van der Waals surface area contributed by atoms with Gasteiger partial charge in [0.05, 0.1) is 0 Å². The van der Waals surface area contributed by atoms with E-state index in [1.165, 1.54) is 0 Å². The molecule has 0 spiro atoms. The molecule has 212 valence electrons. The van der Waals surface area contributed by atoms with Gasteiger partial charge in [-0.1, -0.05) is 55.4 Å². The maximum atomic E-state index is 6.28. The van der Waals surface area contributed by atoms with E-state index in [0.717, 1.165) is 63.7 Å². The van der Waals surface area contributed by atoms with E-state index in [0.29, 0.717) is 51.5 Å². The number of rotatable bonds is 26. The van der Waals surface area contributed by atoms with Crippen LogP contribution in [0, 0.1) is 11.8 Å². The second-order valence-electron chi connectivity index (χ2n) is 9.73. The zero-order chi connectivity index (χ0) is 26.4. The topological polar surface area (TPSA) is 67.4 Å². The van der Waals surface area contributed by atoms with Gasteiger partial charge in [0.2, 0.25) is 0 Å². The molecule has 0 aromatic carbocycles. The highest BCUT2D eigenvalue weighted by Gasteiger charge is 2.43.